The van der Waals surface area contributed by atoms with Crippen LogP contribution in [0.15, 0.2) is 53.4 Å². The van der Waals surface area contributed by atoms with E-state index in [0.717, 1.165) is 33.5 Å². The van der Waals surface area contributed by atoms with E-state index in [9.17, 15) is 9.90 Å². The fourth-order valence-corrected chi connectivity index (χ4v) is 4.79. The van der Waals surface area contributed by atoms with Crippen LogP contribution in [0.3, 0.4) is 0 Å². The molecular weight excluding hydrogens is 498 g/mol. The van der Waals surface area contributed by atoms with Crippen molar-refractivity contribution in [3.63, 3.8) is 0 Å². The van der Waals surface area contributed by atoms with Crippen LogP contribution >= 0.6 is 0 Å². The van der Waals surface area contributed by atoms with Gasteiger partial charge in [-0.2, -0.15) is 0 Å². The first kappa shape index (κ1) is 25.9. The van der Waals surface area contributed by atoms with Gasteiger partial charge in [-0.15, -0.1) is 0 Å². The fraction of sp³-hybridized carbons (Fsp3) is 0.276. The van der Waals surface area contributed by atoms with Crippen LogP contribution in [0.4, 0.5) is 0 Å². The first-order valence-corrected chi connectivity index (χ1v) is 12.7. The Hall–Kier alpha value is -4.73. The summed E-state index contributed by atoms with van der Waals surface area (Å²) in [5.41, 5.74) is 5.19. The van der Waals surface area contributed by atoms with Gasteiger partial charge in [0, 0.05) is 46.7 Å². The van der Waals surface area contributed by atoms with Crippen LogP contribution in [-0.2, 0) is 0 Å². The van der Waals surface area contributed by atoms with Crippen molar-refractivity contribution in [1.29, 1.82) is 0 Å². The number of aromatic carboxylic acids is 1. The van der Waals surface area contributed by atoms with Gasteiger partial charge >= 0.3 is 5.97 Å². The zero-order chi connectivity index (χ0) is 27.7. The normalized spacial score (nSPS) is 12.0. The van der Waals surface area contributed by atoms with E-state index in [4.69, 9.17) is 19.0 Å². The molecule has 0 aliphatic rings. The number of carbonyl (C=O) groups is 1. The van der Waals surface area contributed by atoms with E-state index < -0.39 is 5.97 Å². The Labute approximate surface area is 225 Å². The summed E-state index contributed by atoms with van der Waals surface area (Å²) in [6.45, 7) is 10.1. The number of ether oxygens (including phenoxy) is 2. The van der Waals surface area contributed by atoms with Gasteiger partial charge in [-0.25, -0.2) is 14.8 Å². The minimum atomic E-state index is -1.17. The highest BCUT2D eigenvalue weighted by molar-refractivity contribution is 6.00. The standard InChI is InChI=1S/C29H29N5O5/c1-6-37-24-13-23(29(35)36)32-28(38-7-2)26(24)21-15-34(17(4)22-10-8-9-11-30-22)27-20(21)12-19(14-31-27)25-16(3)33-39-18(25)5/h8-15,17H,6-7H2,1-5H3,(H,35,36). The van der Waals surface area contributed by atoms with E-state index in [1.807, 2.05) is 69.6 Å². The minimum Gasteiger partial charge on any atom is -0.493 e. The molecule has 1 unspecified atom stereocenters. The van der Waals surface area contributed by atoms with Crippen LogP contribution < -0.4 is 9.47 Å². The number of pyridine rings is 3. The smallest absolute Gasteiger partial charge is 0.354 e. The van der Waals surface area contributed by atoms with Crippen molar-refractivity contribution in [2.45, 2.75) is 40.7 Å². The summed E-state index contributed by atoms with van der Waals surface area (Å²) in [6, 6.07) is 9.10. The molecule has 0 spiro atoms. The van der Waals surface area contributed by atoms with E-state index in [2.05, 4.69) is 15.1 Å². The number of carboxylic acids is 1. The van der Waals surface area contributed by atoms with Crippen molar-refractivity contribution in [3.8, 4) is 33.9 Å². The fourth-order valence-electron chi connectivity index (χ4n) is 4.79. The molecule has 0 aliphatic carbocycles. The molecule has 0 bridgehead atoms. The number of nitrogens with zero attached hydrogens (tertiary/aromatic N) is 5. The van der Waals surface area contributed by atoms with E-state index in [-0.39, 0.29) is 17.6 Å². The van der Waals surface area contributed by atoms with Gasteiger partial charge in [-0.3, -0.25) is 4.98 Å². The number of hydrogen-bond donors (Lipinski definition) is 1. The lowest BCUT2D eigenvalue weighted by Crippen LogP contribution is -2.08. The Morgan fingerprint density at radius 3 is 2.54 bits per heavy atom. The van der Waals surface area contributed by atoms with Gasteiger partial charge in [0.1, 0.15) is 17.2 Å². The average molecular weight is 528 g/mol. The molecule has 0 amide bonds. The highest BCUT2D eigenvalue weighted by Crippen LogP contribution is 2.44. The zero-order valence-corrected chi connectivity index (χ0v) is 22.4. The molecule has 0 saturated carbocycles. The Kier molecular flexibility index (Phi) is 7.02. The van der Waals surface area contributed by atoms with Crippen LogP contribution in [0.5, 0.6) is 11.6 Å². The van der Waals surface area contributed by atoms with E-state index in [0.29, 0.717) is 35.9 Å². The summed E-state index contributed by atoms with van der Waals surface area (Å²) in [5.74, 6) is 0.0553. The minimum absolute atomic E-state index is 0.155. The number of fused-ring (bicyclic) bond motifs is 1. The van der Waals surface area contributed by atoms with Crippen molar-refractivity contribution < 1.29 is 23.9 Å². The monoisotopic (exact) mass is 527 g/mol. The average Bonchev–Trinajstić information content (AvgIpc) is 3.47. The van der Waals surface area contributed by atoms with Crippen molar-refractivity contribution in [2.24, 2.45) is 0 Å². The predicted molar refractivity (Wildman–Crippen MR) is 145 cm³/mol. The number of hydrogen-bond acceptors (Lipinski definition) is 8. The van der Waals surface area contributed by atoms with Gasteiger partial charge in [0.25, 0.3) is 0 Å². The largest absolute Gasteiger partial charge is 0.493 e. The van der Waals surface area contributed by atoms with Gasteiger partial charge in [0.15, 0.2) is 5.69 Å². The first-order chi connectivity index (χ1) is 18.8. The molecule has 0 aromatic carbocycles. The van der Waals surface area contributed by atoms with Crippen LogP contribution in [0.1, 0.15) is 54.4 Å². The van der Waals surface area contributed by atoms with Crippen LogP contribution in [0.2, 0.25) is 0 Å². The quantitative estimate of drug-likeness (QED) is 0.250. The first-order valence-electron chi connectivity index (χ1n) is 12.7. The molecule has 200 valence electrons. The highest BCUT2D eigenvalue weighted by Gasteiger charge is 2.26. The van der Waals surface area contributed by atoms with Gasteiger partial charge in [0.05, 0.1) is 36.2 Å². The summed E-state index contributed by atoms with van der Waals surface area (Å²) in [7, 11) is 0. The van der Waals surface area contributed by atoms with E-state index >= 15 is 0 Å². The van der Waals surface area contributed by atoms with E-state index in [1.54, 1.807) is 12.4 Å². The van der Waals surface area contributed by atoms with Gasteiger partial charge in [-0.1, -0.05) is 11.2 Å². The third kappa shape index (κ3) is 4.69. The maximum atomic E-state index is 11.9. The molecular formula is C29H29N5O5. The molecule has 0 aliphatic heterocycles. The van der Waals surface area contributed by atoms with Crippen molar-refractivity contribution in [3.05, 3.63) is 71.8 Å². The lowest BCUT2D eigenvalue weighted by atomic mass is 10.0. The lowest BCUT2D eigenvalue weighted by Gasteiger charge is -2.15. The highest BCUT2D eigenvalue weighted by atomic mass is 16.5. The Bertz CT molecular complexity index is 1610. The van der Waals surface area contributed by atoms with Crippen LogP contribution in [-0.4, -0.2) is 49.0 Å². The van der Waals surface area contributed by atoms with Crippen LogP contribution in [0.25, 0.3) is 33.3 Å². The number of rotatable bonds is 9. The molecule has 0 radical (unpaired) electrons. The third-order valence-electron chi connectivity index (χ3n) is 6.54. The van der Waals surface area contributed by atoms with E-state index in [1.165, 1.54) is 6.07 Å². The molecule has 0 saturated heterocycles. The summed E-state index contributed by atoms with van der Waals surface area (Å²) in [4.78, 5) is 25.6. The topological polar surface area (TPSA) is 125 Å². The summed E-state index contributed by atoms with van der Waals surface area (Å²) >= 11 is 0. The maximum Gasteiger partial charge on any atom is 0.354 e. The van der Waals surface area contributed by atoms with Crippen molar-refractivity contribution in [1.82, 2.24) is 24.7 Å². The Morgan fingerprint density at radius 2 is 1.90 bits per heavy atom. The lowest BCUT2D eigenvalue weighted by molar-refractivity contribution is 0.0688. The molecule has 5 aromatic heterocycles. The van der Waals surface area contributed by atoms with Crippen molar-refractivity contribution in [2.75, 3.05) is 13.2 Å². The molecule has 5 rings (SSSR count). The summed E-state index contributed by atoms with van der Waals surface area (Å²) in [6.07, 6.45) is 5.53. The summed E-state index contributed by atoms with van der Waals surface area (Å²) in [5, 5.41) is 14.6. The second-order valence-electron chi connectivity index (χ2n) is 9.03. The summed E-state index contributed by atoms with van der Waals surface area (Å²) < 4.78 is 19.3. The Balaban J connectivity index is 1.84. The third-order valence-corrected chi connectivity index (χ3v) is 6.54. The predicted octanol–water partition coefficient (Wildman–Crippen LogP) is 5.87. The van der Waals surface area contributed by atoms with Gasteiger partial charge < -0.3 is 23.7 Å². The number of aryl methyl sites for hydroxylation is 2. The molecule has 5 heterocycles. The molecule has 5 aromatic rings. The van der Waals surface area contributed by atoms with Gasteiger partial charge in [-0.05, 0) is 52.8 Å². The van der Waals surface area contributed by atoms with Crippen LogP contribution in [0, 0.1) is 13.8 Å². The molecule has 10 nitrogen and oxygen atoms in total. The maximum absolute atomic E-state index is 11.9. The molecule has 39 heavy (non-hydrogen) atoms. The van der Waals surface area contributed by atoms with Crippen molar-refractivity contribution >= 4 is 17.0 Å². The molecule has 1 atom stereocenters. The molecule has 10 heteroatoms. The number of carboxylic acid groups (broad SMARTS) is 1. The second kappa shape index (κ2) is 10.6. The molecule has 0 fully saturated rings. The molecule has 1 N–H and O–H groups in total. The van der Waals surface area contributed by atoms with Gasteiger partial charge in [0.2, 0.25) is 5.88 Å². The SMILES string of the molecule is CCOc1cc(C(=O)O)nc(OCC)c1-c1cn(C(C)c2ccccn2)c2ncc(-c3c(C)noc3C)cc12. The number of aromatic nitrogens is 5. The second-order valence-corrected chi connectivity index (χ2v) is 9.03. The Morgan fingerprint density at radius 1 is 1.10 bits per heavy atom. The zero-order valence-electron chi connectivity index (χ0n) is 22.4.